The van der Waals surface area contributed by atoms with Gasteiger partial charge < -0.3 is 5.11 Å². The lowest BCUT2D eigenvalue weighted by Crippen LogP contribution is -2.10. The zero-order valence-corrected chi connectivity index (χ0v) is 8.24. The third-order valence-corrected chi connectivity index (χ3v) is 2.36. The van der Waals surface area contributed by atoms with Crippen LogP contribution in [-0.4, -0.2) is 15.6 Å². The van der Waals surface area contributed by atoms with Crippen molar-refractivity contribution in [1.82, 2.24) is 0 Å². The molecule has 0 saturated heterocycles. The standard InChI is InChI=1S/C9H16OS/c1-5-11-9(3,4)7-6-8(2)10/h6-7,10H,2,5H2,1,3-4H3/b7-6-. The molecule has 0 rings (SSSR count). The minimum Gasteiger partial charge on any atom is -0.509 e. The van der Waals surface area contributed by atoms with Crippen LogP contribution in [0.15, 0.2) is 24.5 Å². The number of hydrogen-bond donors (Lipinski definition) is 1. The van der Waals surface area contributed by atoms with E-state index in [9.17, 15) is 0 Å². The summed E-state index contributed by atoms with van der Waals surface area (Å²) >= 11 is 1.84. The van der Waals surface area contributed by atoms with E-state index in [4.69, 9.17) is 5.11 Å². The first-order valence-corrected chi connectivity index (χ1v) is 4.67. The molecular formula is C9H16OS. The highest BCUT2D eigenvalue weighted by Gasteiger charge is 2.11. The Labute approximate surface area is 73.2 Å². The summed E-state index contributed by atoms with van der Waals surface area (Å²) in [6.45, 7) is 9.72. The predicted octanol–water partition coefficient (Wildman–Crippen LogP) is 3.15. The van der Waals surface area contributed by atoms with Gasteiger partial charge in [0.15, 0.2) is 0 Å². The van der Waals surface area contributed by atoms with Crippen molar-refractivity contribution in [3.63, 3.8) is 0 Å². The van der Waals surface area contributed by atoms with Crippen LogP contribution in [-0.2, 0) is 0 Å². The first kappa shape index (κ1) is 10.6. The molecule has 1 N–H and O–H groups in total. The van der Waals surface area contributed by atoms with Crippen molar-refractivity contribution in [1.29, 1.82) is 0 Å². The molecule has 0 spiro atoms. The summed E-state index contributed by atoms with van der Waals surface area (Å²) < 4.78 is 0.0976. The summed E-state index contributed by atoms with van der Waals surface area (Å²) in [7, 11) is 0. The molecule has 0 aromatic rings. The van der Waals surface area contributed by atoms with Gasteiger partial charge in [0.2, 0.25) is 0 Å². The second kappa shape index (κ2) is 4.50. The zero-order chi connectivity index (χ0) is 8.91. The van der Waals surface area contributed by atoms with Gasteiger partial charge in [0.1, 0.15) is 5.76 Å². The molecule has 0 radical (unpaired) electrons. The third-order valence-electron chi connectivity index (χ3n) is 1.19. The topological polar surface area (TPSA) is 20.2 Å². The summed E-state index contributed by atoms with van der Waals surface area (Å²) in [6, 6.07) is 0. The fraction of sp³-hybridized carbons (Fsp3) is 0.556. The van der Waals surface area contributed by atoms with Crippen LogP contribution in [0, 0.1) is 0 Å². The van der Waals surface area contributed by atoms with Crippen molar-refractivity contribution >= 4 is 11.8 Å². The SMILES string of the molecule is C=C(O)/C=C\C(C)(C)SCC. The van der Waals surface area contributed by atoms with Gasteiger partial charge in [0.25, 0.3) is 0 Å². The minimum absolute atomic E-state index is 0.0976. The Hall–Kier alpha value is -0.370. The molecule has 0 fully saturated rings. The van der Waals surface area contributed by atoms with E-state index >= 15 is 0 Å². The van der Waals surface area contributed by atoms with Crippen LogP contribution in [0.2, 0.25) is 0 Å². The second-order valence-electron chi connectivity index (χ2n) is 2.86. The van der Waals surface area contributed by atoms with E-state index in [0.717, 1.165) is 5.75 Å². The van der Waals surface area contributed by atoms with Crippen LogP contribution in [0.4, 0.5) is 0 Å². The monoisotopic (exact) mass is 172 g/mol. The summed E-state index contributed by atoms with van der Waals surface area (Å²) in [5, 5.41) is 8.79. The molecule has 0 aliphatic rings. The predicted molar refractivity (Wildman–Crippen MR) is 53.1 cm³/mol. The Morgan fingerprint density at radius 1 is 1.64 bits per heavy atom. The van der Waals surface area contributed by atoms with E-state index in [1.165, 1.54) is 0 Å². The van der Waals surface area contributed by atoms with Gasteiger partial charge in [-0.15, -0.1) is 0 Å². The van der Waals surface area contributed by atoms with Gasteiger partial charge in [-0.1, -0.05) is 19.6 Å². The van der Waals surface area contributed by atoms with Gasteiger partial charge in [-0.25, -0.2) is 0 Å². The number of thioether (sulfide) groups is 1. The first-order valence-electron chi connectivity index (χ1n) is 3.69. The molecule has 0 unspecified atom stereocenters. The Balaban J connectivity index is 3.99. The van der Waals surface area contributed by atoms with E-state index < -0.39 is 0 Å². The van der Waals surface area contributed by atoms with E-state index in [1.807, 2.05) is 17.8 Å². The number of rotatable bonds is 4. The highest BCUT2D eigenvalue weighted by Crippen LogP contribution is 2.25. The molecule has 0 saturated carbocycles. The van der Waals surface area contributed by atoms with Crippen molar-refractivity contribution in [3.05, 3.63) is 24.5 Å². The number of allylic oxidation sites excluding steroid dienone is 1. The van der Waals surface area contributed by atoms with E-state index in [1.54, 1.807) is 6.08 Å². The van der Waals surface area contributed by atoms with E-state index in [-0.39, 0.29) is 10.5 Å². The molecule has 0 bridgehead atoms. The summed E-state index contributed by atoms with van der Waals surface area (Å²) in [5.41, 5.74) is 0. The highest BCUT2D eigenvalue weighted by atomic mass is 32.2. The first-order chi connectivity index (χ1) is 4.98. The van der Waals surface area contributed by atoms with E-state index in [2.05, 4.69) is 27.4 Å². The minimum atomic E-state index is 0.0976. The van der Waals surface area contributed by atoms with Gasteiger partial charge in [0.05, 0.1) is 0 Å². The number of aliphatic hydroxyl groups excluding tert-OH is 1. The van der Waals surface area contributed by atoms with Crippen molar-refractivity contribution < 1.29 is 5.11 Å². The Morgan fingerprint density at radius 2 is 2.18 bits per heavy atom. The second-order valence-corrected chi connectivity index (χ2v) is 4.78. The van der Waals surface area contributed by atoms with Crippen LogP contribution in [0.25, 0.3) is 0 Å². The summed E-state index contributed by atoms with van der Waals surface area (Å²) in [5.74, 6) is 1.20. The lowest BCUT2D eigenvalue weighted by Gasteiger charge is -2.17. The van der Waals surface area contributed by atoms with Gasteiger partial charge in [-0.3, -0.25) is 0 Å². The third kappa shape index (κ3) is 6.05. The Bertz CT molecular complexity index is 159. The average Bonchev–Trinajstić information content (AvgIpc) is 1.84. The van der Waals surface area contributed by atoms with Crippen LogP contribution < -0.4 is 0 Å². The smallest absolute Gasteiger partial charge is 0.108 e. The molecule has 2 heteroatoms. The number of hydrogen-bond acceptors (Lipinski definition) is 2. The van der Waals surface area contributed by atoms with Gasteiger partial charge in [-0.05, 0) is 25.7 Å². The molecule has 0 heterocycles. The Morgan fingerprint density at radius 3 is 2.55 bits per heavy atom. The lowest BCUT2D eigenvalue weighted by molar-refractivity contribution is 0.434. The summed E-state index contributed by atoms with van der Waals surface area (Å²) in [6.07, 6.45) is 3.60. The van der Waals surface area contributed by atoms with Crippen molar-refractivity contribution in [2.24, 2.45) is 0 Å². The molecule has 0 aromatic carbocycles. The molecule has 64 valence electrons. The zero-order valence-electron chi connectivity index (χ0n) is 7.42. The summed E-state index contributed by atoms with van der Waals surface area (Å²) in [4.78, 5) is 0. The van der Waals surface area contributed by atoms with Gasteiger partial charge in [-0.2, -0.15) is 11.8 Å². The maximum absolute atomic E-state index is 8.79. The molecule has 11 heavy (non-hydrogen) atoms. The Kier molecular flexibility index (Phi) is 4.34. The molecule has 0 amide bonds. The number of aliphatic hydroxyl groups is 1. The highest BCUT2D eigenvalue weighted by molar-refractivity contribution is 8.00. The molecule has 0 aliphatic heterocycles. The maximum Gasteiger partial charge on any atom is 0.108 e. The van der Waals surface area contributed by atoms with Crippen LogP contribution in [0.5, 0.6) is 0 Å². The lowest BCUT2D eigenvalue weighted by atomic mass is 10.2. The molecule has 0 aliphatic carbocycles. The van der Waals surface area contributed by atoms with Crippen LogP contribution in [0.1, 0.15) is 20.8 Å². The van der Waals surface area contributed by atoms with E-state index in [0.29, 0.717) is 0 Å². The van der Waals surface area contributed by atoms with Gasteiger partial charge >= 0.3 is 0 Å². The van der Waals surface area contributed by atoms with Gasteiger partial charge in [0, 0.05) is 4.75 Å². The molecular weight excluding hydrogens is 156 g/mol. The van der Waals surface area contributed by atoms with Crippen molar-refractivity contribution in [2.75, 3.05) is 5.75 Å². The largest absolute Gasteiger partial charge is 0.509 e. The van der Waals surface area contributed by atoms with Crippen molar-refractivity contribution in [3.8, 4) is 0 Å². The van der Waals surface area contributed by atoms with Crippen molar-refractivity contribution in [2.45, 2.75) is 25.5 Å². The molecule has 0 atom stereocenters. The average molecular weight is 172 g/mol. The fourth-order valence-electron chi connectivity index (χ4n) is 0.717. The normalized spacial score (nSPS) is 12.3. The quantitative estimate of drug-likeness (QED) is 0.519. The van der Waals surface area contributed by atoms with Crippen LogP contribution in [0.3, 0.4) is 0 Å². The molecule has 1 nitrogen and oxygen atoms in total. The fourth-order valence-corrected chi connectivity index (χ4v) is 1.63. The van der Waals surface area contributed by atoms with Crippen LogP contribution >= 0.6 is 11.8 Å². The molecule has 0 aromatic heterocycles. The maximum atomic E-state index is 8.79.